The van der Waals surface area contributed by atoms with Gasteiger partial charge in [0.1, 0.15) is 17.1 Å². The molecule has 2 saturated carbocycles. The van der Waals surface area contributed by atoms with Crippen molar-refractivity contribution in [2.75, 3.05) is 13.7 Å². The number of carbonyl (C=O) groups is 1. The molecule has 3 aromatic carbocycles. The zero-order valence-corrected chi connectivity index (χ0v) is 25.0. The first kappa shape index (κ1) is 27.3. The third-order valence-electron chi connectivity index (χ3n) is 10.1. The van der Waals surface area contributed by atoms with Crippen molar-refractivity contribution in [1.29, 1.82) is 0 Å². The Morgan fingerprint density at radius 1 is 1.09 bits per heavy atom. The van der Waals surface area contributed by atoms with Crippen LogP contribution < -0.4 is 10.5 Å². The van der Waals surface area contributed by atoms with Gasteiger partial charge < -0.3 is 29.6 Å². The zero-order chi connectivity index (χ0) is 30.3. The van der Waals surface area contributed by atoms with E-state index in [9.17, 15) is 14.3 Å². The van der Waals surface area contributed by atoms with Crippen molar-refractivity contribution in [1.82, 2.24) is 19.0 Å². The number of benzene rings is 3. The van der Waals surface area contributed by atoms with Gasteiger partial charge >= 0.3 is 0 Å². The highest BCUT2D eigenvalue weighted by atomic mass is 19.1. The number of piperidine rings is 1. The Bertz CT molecular complexity index is 1960. The average Bonchev–Trinajstić information content (AvgIpc) is 3.44. The fourth-order valence-corrected chi connectivity index (χ4v) is 7.52. The molecule has 1 saturated heterocycles. The van der Waals surface area contributed by atoms with E-state index in [1.807, 2.05) is 46.8 Å². The summed E-state index contributed by atoms with van der Waals surface area (Å²) in [6.45, 7) is 1.40. The molecule has 3 atom stereocenters. The highest BCUT2D eigenvalue weighted by Gasteiger charge is 2.47. The number of nitrogens with two attached hydrogens (primary N) is 1. The smallest absolute Gasteiger partial charge is 0.254 e. The molecule has 2 bridgehead atoms. The van der Waals surface area contributed by atoms with Gasteiger partial charge in [-0.3, -0.25) is 4.79 Å². The topological polar surface area (TPSA) is 98.5 Å². The van der Waals surface area contributed by atoms with Gasteiger partial charge in [-0.2, -0.15) is 0 Å². The molecular formula is C35H36FN5O3. The van der Waals surface area contributed by atoms with E-state index < -0.39 is 0 Å². The molecule has 0 spiro atoms. The molecular weight excluding hydrogens is 557 g/mol. The summed E-state index contributed by atoms with van der Waals surface area (Å²) >= 11 is 0. The highest BCUT2D eigenvalue weighted by Crippen LogP contribution is 2.41. The Hall–Kier alpha value is -4.21. The van der Waals surface area contributed by atoms with E-state index in [2.05, 4.69) is 10.6 Å². The Morgan fingerprint density at radius 2 is 1.93 bits per heavy atom. The monoisotopic (exact) mass is 593 g/mol. The van der Waals surface area contributed by atoms with E-state index in [1.54, 1.807) is 19.2 Å². The van der Waals surface area contributed by atoms with Gasteiger partial charge in [0.15, 0.2) is 5.82 Å². The van der Waals surface area contributed by atoms with Crippen molar-refractivity contribution in [3.05, 3.63) is 71.5 Å². The lowest BCUT2D eigenvalue weighted by atomic mass is 10.0. The van der Waals surface area contributed by atoms with Crippen LogP contribution in [0.25, 0.3) is 44.6 Å². The maximum Gasteiger partial charge on any atom is 0.254 e. The Morgan fingerprint density at radius 3 is 2.64 bits per heavy atom. The van der Waals surface area contributed by atoms with Gasteiger partial charge in [0.05, 0.1) is 24.9 Å². The minimum Gasteiger partial charge on any atom is -0.494 e. The third kappa shape index (κ3) is 4.24. The van der Waals surface area contributed by atoms with Crippen LogP contribution in [0.3, 0.4) is 0 Å². The quantitative estimate of drug-likeness (QED) is 0.261. The number of fused-ring (bicyclic) bond motifs is 4. The summed E-state index contributed by atoms with van der Waals surface area (Å²) < 4.78 is 25.1. The molecule has 2 aliphatic carbocycles. The second-order valence-corrected chi connectivity index (χ2v) is 12.8. The molecule has 5 aromatic rings. The predicted molar refractivity (Wildman–Crippen MR) is 168 cm³/mol. The van der Waals surface area contributed by atoms with Crippen LogP contribution in [-0.4, -0.2) is 55.8 Å². The Labute approximate surface area is 254 Å². The van der Waals surface area contributed by atoms with Gasteiger partial charge in [-0.25, -0.2) is 9.37 Å². The summed E-state index contributed by atoms with van der Waals surface area (Å²) in [5.74, 6) is 1.99. The second kappa shape index (κ2) is 10.2. The molecule has 3 fully saturated rings. The van der Waals surface area contributed by atoms with Gasteiger partial charge in [0.25, 0.3) is 5.91 Å². The molecule has 44 heavy (non-hydrogen) atoms. The van der Waals surface area contributed by atoms with Gasteiger partial charge in [-0.15, -0.1) is 0 Å². The summed E-state index contributed by atoms with van der Waals surface area (Å²) in [5, 5.41) is 10.7. The molecule has 8 nitrogen and oxygen atoms in total. The van der Waals surface area contributed by atoms with Crippen molar-refractivity contribution in [2.45, 2.75) is 50.9 Å². The van der Waals surface area contributed by atoms with Crippen LogP contribution >= 0.6 is 0 Å². The maximum absolute atomic E-state index is 14.9. The molecule has 1 aliphatic heterocycles. The van der Waals surface area contributed by atoms with Crippen LogP contribution in [0, 0.1) is 17.7 Å². The summed E-state index contributed by atoms with van der Waals surface area (Å²) in [5.41, 5.74) is 12.4. The Kier molecular flexibility index (Phi) is 6.32. The van der Waals surface area contributed by atoms with E-state index in [0.717, 1.165) is 52.9 Å². The number of imidazole rings is 1. The number of amides is 1. The largest absolute Gasteiger partial charge is 0.494 e. The van der Waals surface area contributed by atoms with E-state index in [1.165, 1.54) is 18.9 Å². The van der Waals surface area contributed by atoms with E-state index in [-0.39, 0.29) is 30.4 Å². The summed E-state index contributed by atoms with van der Waals surface area (Å²) in [7, 11) is 3.60. The van der Waals surface area contributed by atoms with Crippen LogP contribution in [0.1, 0.15) is 41.6 Å². The minimum absolute atomic E-state index is 0.0204. The molecule has 3 N–H and O–H groups in total. The van der Waals surface area contributed by atoms with E-state index in [4.69, 9.17) is 15.5 Å². The maximum atomic E-state index is 14.9. The molecule has 9 heteroatoms. The van der Waals surface area contributed by atoms with Crippen molar-refractivity contribution in [3.63, 3.8) is 0 Å². The number of hydrogen-bond acceptors (Lipinski definition) is 5. The van der Waals surface area contributed by atoms with Crippen molar-refractivity contribution in [2.24, 2.45) is 24.6 Å². The number of rotatable bonds is 7. The van der Waals surface area contributed by atoms with Gasteiger partial charge in [-0.1, -0.05) is 18.2 Å². The molecule has 3 aliphatic rings. The van der Waals surface area contributed by atoms with Crippen molar-refractivity contribution in [3.8, 4) is 28.4 Å². The number of halogens is 1. The molecule has 3 heterocycles. The van der Waals surface area contributed by atoms with E-state index >= 15 is 0 Å². The van der Waals surface area contributed by atoms with E-state index in [0.29, 0.717) is 46.3 Å². The molecule has 2 aromatic heterocycles. The fourth-order valence-electron chi connectivity index (χ4n) is 7.52. The second-order valence-electron chi connectivity index (χ2n) is 12.8. The third-order valence-corrected chi connectivity index (χ3v) is 10.1. The normalized spacial score (nSPS) is 21.2. The molecule has 0 radical (unpaired) electrons. The number of carbonyl (C=O) groups excluding carboxylic acids is 1. The molecule has 226 valence electrons. The standard InChI is InChI=1S/C35H36FN5O3/c1-39-33-27(12-24(15-31(33)44-2)35(43)41-17-23-8-10-28(41)32(23)37)38-34(39)30-14-22-7-6-21(13-29(22)40(30)16-19-3-4-19)25-11-20(18-42)5-9-26(25)36/h5-7,9,11-15,19,23,28,32,42H,3-4,8,10,16-18,37H2,1-2H3/t23?,28?,32-/m1/s1. The number of aromatic nitrogens is 3. The number of methoxy groups -OCH3 is 1. The lowest BCUT2D eigenvalue weighted by Crippen LogP contribution is -2.41. The number of aryl methyl sites for hydroxylation is 1. The summed E-state index contributed by atoms with van der Waals surface area (Å²) in [6.07, 6.45) is 4.39. The SMILES string of the molecule is COc1cc(C(=O)N2CC3CCC2[C@@H]3N)cc2nc(-c3cc4ccc(-c5cc(CO)ccc5F)cc4n3CC3CC3)n(C)c12. The Balaban J connectivity index is 1.24. The molecule has 1 amide bonds. The number of ether oxygens (including phenoxy) is 1. The minimum atomic E-state index is -0.321. The average molecular weight is 594 g/mol. The zero-order valence-electron chi connectivity index (χ0n) is 25.0. The number of aliphatic hydroxyl groups excluding tert-OH is 1. The predicted octanol–water partition coefficient (Wildman–Crippen LogP) is 5.47. The van der Waals surface area contributed by atoms with Crippen LogP contribution in [0.15, 0.2) is 54.6 Å². The first-order valence-electron chi connectivity index (χ1n) is 15.5. The lowest BCUT2D eigenvalue weighted by molar-refractivity contribution is 0.0700. The number of nitrogens with zero attached hydrogens (tertiary/aromatic N) is 4. The summed E-state index contributed by atoms with van der Waals surface area (Å²) in [4.78, 5) is 20.7. The van der Waals surface area contributed by atoms with Crippen LogP contribution in [-0.2, 0) is 20.2 Å². The molecule has 8 rings (SSSR count). The number of aliphatic hydroxyl groups is 1. The van der Waals surface area contributed by atoms with Gasteiger partial charge in [-0.05, 0) is 85.0 Å². The van der Waals surface area contributed by atoms with Gasteiger partial charge in [0.2, 0.25) is 0 Å². The van der Waals surface area contributed by atoms with Crippen LogP contribution in [0.4, 0.5) is 4.39 Å². The van der Waals surface area contributed by atoms with Crippen LogP contribution in [0.2, 0.25) is 0 Å². The fraction of sp³-hybridized carbons (Fsp3) is 0.371. The summed E-state index contributed by atoms with van der Waals surface area (Å²) in [6, 6.07) is 16.7. The van der Waals surface area contributed by atoms with Gasteiger partial charge in [0, 0.05) is 54.3 Å². The number of likely N-dealkylation sites (tertiary alicyclic amines) is 1. The molecule has 2 unspecified atom stereocenters. The van der Waals surface area contributed by atoms with Crippen molar-refractivity contribution < 1.29 is 19.0 Å². The first-order valence-corrected chi connectivity index (χ1v) is 15.5. The van der Waals surface area contributed by atoms with Crippen LogP contribution in [0.5, 0.6) is 5.75 Å². The first-order chi connectivity index (χ1) is 21.3. The highest BCUT2D eigenvalue weighted by molar-refractivity contribution is 6.00. The number of hydrogen-bond donors (Lipinski definition) is 2. The lowest BCUT2D eigenvalue weighted by Gasteiger charge is -2.27. The van der Waals surface area contributed by atoms with Crippen molar-refractivity contribution >= 4 is 27.8 Å².